The van der Waals surface area contributed by atoms with E-state index in [0.717, 1.165) is 11.1 Å². The standard InChI is InChI=1S/C20H22N4O3/c1-20(2,3)27-17(25)13-24-19(15-7-5-6-8-16(15)26-4)18(22-23-24)14-9-11-21-12-10-14/h5-12H,13H2,1-4H3. The van der Waals surface area contributed by atoms with Crippen LogP contribution in [0.25, 0.3) is 22.5 Å². The van der Waals surface area contributed by atoms with Crippen LogP contribution in [-0.2, 0) is 16.1 Å². The molecule has 0 aliphatic carbocycles. The molecule has 7 heteroatoms. The van der Waals surface area contributed by atoms with Crippen molar-refractivity contribution in [3.63, 3.8) is 0 Å². The van der Waals surface area contributed by atoms with E-state index in [1.165, 1.54) is 0 Å². The van der Waals surface area contributed by atoms with Gasteiger partial charge in [0.05, 0.1) is 7.11 Å². The molecule has 3 aromatic rings. The van der Waals surface area contributed by atoms with Gasteiger partial charge in [-0.05, 0) is 45.0 Å². The van der Waals surface area contributed by atoms with Crippen LogP contribution in [0.2, 0.25) is 0 Å². The summed E-state index contributed by atoms with van der Waals surface area (Å²) in [7, 11) is 1.60. The molecule has 0 bridgehead atoms. The predicted molar refractivity (Wildman–Crippen MR) is 101 cm³/mol. The number of esters is 1. The van der Waals surface area contributed by atoms with Gasteiger partial charge < -0.3 is 9.47 Å². The number of hydrogen-bond acceptors (Lipinski definition) is 6. The second-order valence-corrected chi connectivity index (χ2v) is 6.97. The molecule has 0 unspecified atom stereocenters. The Labute approximate surface area is 158 Å². The van der Waals surface area contributed by atoms with E-state index >= 15 is 0 Å². The summed E-state index contributed by atoms with van der Waals surface area (Å²) in [4.78, 5) is 16.4. The number of para-hydroxylation sites is 1. The van der Waals surface area contributed by atoms with Crippen LogP contribution in [0, 0.1) is 0 Å². The molecule has 1 aromatic carbocycles. The molecule has 0 radical (unpaired) electrons. The summed E-state index contributed by atoms with van der Waals surface area (Å²) in [6.07, 6.45) is 3.38. The minimum Gasteiger partial charge on any atom is -0.496 e. The molecule has 27 heavy (non-hydrogen) atoms. The van der Waals surface area contributed by atoms with Crippen LogP contribution in [0.1, 0.15) is 20.8 Å². The summed E-state index contributed by atoms with van der Waals surface area (Å²) in [6, 6.07) is 11.3. The molecule has 0 atom stereocenters. The molecule has 0 fully saturated rings. The van der Waals surface area contributed by atoms with Gasteiger partial charge in [0.1, 0.15) is 29.3 Å². The van der Waals surface area contributed by atoms with Gasteiger partial charge in [0.25, 0.3) is 0 Å². The highest BCUT2D eigenvalue weighted by molar-refractivity contribution is 5.82. The van der Waals surface area contributed by atoms with Crippen molar-refractivity contribution in [2.75, 3.05) is 7.11 Å². The van der Waals surface area contributed by atoms with Crippen molar-refractivity contribution in [2.24, 2.45) is 0 Å². The van der Waals surface area contributed by atoms with Crippen molar-refractivity contribution in [1.29, 1.82) is 0 Å². The SMILES string of the molecule is COc1ccccc1-c1c(-c2ccncc2)nnn1CC(=O)OC(C)(C)C. The maximum Gasteiger partial charge on any atom is 0.328 e. The Morgan fingerprint density at radius 1 is 1.11 bits per heavy atom. The molecule has 2 heterocycles. The molecule has 0 saturated heterocycles. The zero-order valence-corrected chi connectivity index (χ0v) is 15.8. The fraction of sp³-hybridized carbons (Fsp3) is 0.300. The summed E-state index contributed by atoms with van der Waals surface area (Å²) < 4.78 is 12.5. The van der Waals surface area contributed by atoms with Gasteiger partial charge in [0.15, 0.2) is 0 Å². The predicted octanol–water partition coefficient (Wildman–Crippen LogP) is 3.36. The maximum absolute atomic E-state index is 12.4. The molecule has 0 aliphatic rings. The first-order chi connectivity index (χ1) is 12.9. The number of hydrogen-bond donors (Lipinski definition) is 0. The number of nitrogens with zero attached hydrogens (tertiary/aromatic N) is 4. The third kappa shape index (κ3) is 4.31. The largest absolute Gasteiger partial charge is 0.496 e. The third-order valence-electron chi connectivity index (χ3n) is 3.75. The molecule has 7 nitrogen and oxygen atoms in total. The lowest BCUT2D eigenvalue weighted by Crippen LogP contribution is -2.27. The lowest BCUT2D eigenvalue weighted by atomic mass is 10.0. The Balaban J connectivity index is 2.10. The van der Waals surface area contributed by atoms with E-state index in [1.807, 2.05) is 57.2 Å². The lowest BCUT2D eigenvalue weighted by Gasteiger charge is -2.20. The molecule has 3 rings (SSSR count). The minimum absolute atomic E-state index is 0.0528. The second-order valence-electron chi connectivity index (χ2n) is 6.97. The van der Waals surface area contributed by atoms with Crippen LogP contribution in [0.4, 0.5) is 0 Å². The molecule has 0 N–H and O–H groups in total. The van der Waals surface area contributed by atoms with Gasteiger partial charge in [0.2, 0.25) is 0 Å². The summed E-state index contributed by atoms with van der Waals surface area (Å²) in [5, 5.41) is 8.51. The molecule has 140 valence electrons. The first-order valence-corrected chi connectivity index (χ1v) is 8.58. The highest BCUT2D eigenvalue weighted by atomic mass is 16.6. The van der Waals surface area contributed by atoms with Gasteiger partial charge in [-0.25, -0.2) is 4.68 Å². The fourth-order valence-corrected chi connectivity index (χ4v) is 2.73. The van der Waals surface area contributed by atoms with E-state index in [1.54, 1.807) is 24.2 Å². The summed E-state index contributed by atoms with van der Waals surface area (Å²) in [5.41, 5.74) is 2.40. The van der Waals surface area contributed by atoms with Crippen molar-refractivity contribution in [3.8, 4) is 28.3 Å². The van der Waals surface area contributed by atoms with Crippen LogP contribution < -0.4 is 4.74 Å². The zero-order chi connectivity index (χ0) is 19.4. The van der Waals surface area contributed by atoms with Crippen molar-refractivity contribution in [2.45, 2.75) is 32.9 Å². The Bertz CT molecular complexity index is 930. The van der Waals surface area contributed by atoms with Crippen LogP contribution in [0.5, 0.6) is 5.75 Å². The molecule has 2 aromatic heterocycles. The van der Waals surface area contributed by atoms with Gasteiger partial charge in [-0.2, -0.15) is 0 Å². The van der Waals surface area contributed by atoms with Crippen LogP contribution >= 0.6 is 0 Å². The smallest absolute Gasteiger partial charge is 0.328 e. The van der Waals surface area contributed by atoms with Gasteiger partial charge >= 0.3 is 5.97 Å². The molecule has 0 saturated carbocycles. The van der Waals surface area contributed by atoms with E-state index in [-0.39, 0.29) is 12.5 Å². The number of carbonyl (C=O) groups is 1. The maximum atomic E-state index is 12.4. The van der Waals surface area contributed by atoms with Crippen molar-refractivity contribution >= 4 is 5.97 Å². The first-order valence-electron chi connectivity index (χ1n) is 8.58. The third-order valence-corrected chi connectivity index (χ3v) is 3.75. The average Bonchev–Trinajstić information content (AvgIpc) is 3.04. The van der Waals surface area contributed by atoms with E-state index < -0.39 is 5.60 Å². The van der Waals surface area contributed by atoms with Crippen molar-refractivity contribution in [1.82, 2.24) is 20.0 Å². The topological polar surface area (TPSA) is 79.1 Å². The Morgan fingerprint density at radius 2 is 1.81 bits per heavy atom. The number of ether oxygens (including phenoxy) is 2. The number of pyridine rings is 1. The fourth-order valence-electron chi connectivity index (χ4n) is 2.73. The number of carbonyl (C=O) groups excluding carboxylic acids is 1. The summed E-state index contributed by atoms with van der Waals surface area (Å²) in [6.45, 7) is 5.43. The van der Waals surface area contributed by atoms with Gasteiger partial charge in [-0.1, -0.05) is 17.3 Å². The molecular formula is C20H22N4O3. The van der Waals surface area contributed by atoms with E-state index in [4.69, 9.17) is 9.47 Å². The monoisotopic (exact) mass is 366 g/mol. The molecule has 0 aliphatic heterocycles. The Hall–Kier alpha value is -3.22. The van der Waals surface area contributed by atoms with E-state index in [0.29, 0.717) is 17.1 Å². The zero-order valence-electron chi connectivity index (χ0n) is 15.8. The van der Waals surface area contributed by atoms with Gasteiger partial charge in [0, 0.05) is 23.5 Å². The average molecular weight is 366 g/mol. The Morgan fingerprint density at radius 3 is 2.48 bits per heavy atom. The summed E-state index contributed by atoms with van der Waals surface area (Å²) in [5.74, 6) is 0.283. The first kappa shape index (κ1) is 18.6. The van der Waals surface area contributed by atoms with Gasteiger partial charge in [-0.15, -0.1) is 5.10 Å². The number of aromatic nitrogens is 4. The van der Waals surface area contributed by atoms with Crippen LogP contribution in [-0.4, -0.2) is 38.7 Å². The quantitative estimate of drug-likeness (QED) is 0.644. The van der Waals surface area contributed by atoms with Crippen molar-refractivity contribution < 1.29 is 14.3 Å². The van der Waals surface area contributed by atoms with Crippen LogP contribution in [0.3, 0.4) is 0 Å². The molecular weight excluding hydrogens is 344 g/mol. The highest BCUT2D eigenvalue weighted by Crippen LogP contribution is 2.35. The van der Waals surface area contributed by atoms with Crippen LogP contribution in [0.15, 0.2) is 48.8 Å². The lowest BCUT2D eigenvalue weighted by molar-refractivity contribution is -0.155. The number of methoxy groups -OCH3 is 1. The molecule has 0 spiro atoms. The van der Waals surface area contributed by atoms with E-state index in [9.17, 15) is 4.79 Å². The second kappa shape index (κ2) is 7.57. The van der Waals surface area contributed by atoms with E-state index in [2.05, 4.69) is 15.3 Å². The number of rotatable bonds is 5. The Kier molecular flexibility index (Phi) is 5.21. The normalized spacial score (nSPS) is 11.3. The summed E-state index contributed by atoms with van der Waals surface area (Å²) >= 11 is 0. The van der Waals surface area contributed by atoms with Gasteiger partial charge in [-0.3, -0.25) is 9.78 Å². The highest BCUT2D eigenvalue weighted by Gasteiger charge is 2.23. The minimum atomic E-state index is -0.573. The van der Waals surface area contributed by atoms with Crippen molar-refractivity contribution in [3.05, 3.63) is 48.8 Å². The molecule has 0 amide bonds. The number of benzene rings is 1.